The molecule has 316 valence electrons. The summed E-state index contributed by atoms with van der Waals surface area (Å²) in [6, 6.07) is -0.881. The molecule has 1 atom stereocenters. The molecule has 1 fully saturated rings. The molecule has 0 spiro atoms. The average Bonchev–Trinajstić information content (AvgIpc) is 2.88. The van der Waals surface area contributed by atoms with Crippen LogP contribution in [-0.4, -0.2) is 174 Å². The van der Waals surface area contributed by atoms with Crippen molar-refractivity contribution < 1.29 is 61.0 Å². The van der Waals surface area contributed by atoms with Gasteiger partial charge in [0.05, 0.1) is 25.9 Å². The van der Waals surface area contributed by atoms with Gasteiger partial charge in [0.25, 0.3) is 10.1 Å². The lowest BCUT2D eigenvalue weighted by molar-refractivity contribution is -0.163. The minimum absolute atomic E-state index is 0.0137. The Morgan fingerprint density at radius 1 is 0.556 bits per heavy atom. The van der Waals surface area contributed by atoms with E-state index < -0.39 is 62.4 Å². The molecule has 1 aliphatic heterocycles. The first-order valence-electron chi connectivity index (χ1n) is 18.1. The summed E-state index contributed by atoms with van der Waals surface area (Å²) in [5.41, 5.74) is -2.83. The maximum absolute atomic E-state index is 13.5. The van der Waals surface area contributed by atoms with Crippen LogP contribution < -0.4 is 0 Å². The molecule has 0 saturated carbocycles. The van der Waals surface area contributed by atoms with E-state index in [4.69, 9.17) is 23.5 Å². The third kappa shape index (κ3) is 29.5. The second kappa shape index (κ2) is 22.0. The van der Waals surface area contributed by atoms with Gasteiger partial charge in [-0.05, 0) is 89.5 Å². The smallest absolute Gasteiger partial charge is 0.323 e. The van der Waals surface area contributed by atoms with Gasteiger partial charge in [-0.1, -0.05) is 0 Å². The van der Waals surface area contributed by atoms with Crippen molar-refractivity contribution in [2.75, 3.05) is 78.2 Å². The third-order valence-corrected chi connectivity index (χ3v) is 6.94. The number of nitrogens with zero attached hydrogens (tertiary/aromatic N) is 4. The fourth-order valence-electron chi connectivity index (χ4n) is 5.09. The minimum atomic E-state index is -3.67. The van der Waals surface area contributed by atoms with Crippen LogP contribution in [0.25, 0.3) is 0 Å². The van der Waals surface area contributed by atoms with E-state index in [2.05, 4.69) is 0 Å². The molecule has 2 N–H and O–H groups in total. The van der Waals surface area contributed by atoms with Gasteiger partial charge in [0.2, 0.25) is 0 Å². The van der Waals surface area contributed by atoms with Crippen molar-refractivity contribution in [3.8, 4) is 0 Å². The Bertz CT molecular complexity index is 1280. The summed E-state index contributed by atoms with van der Waals surface area (Å²) < 4.78 is 48.4. The zero-order valence-corrected chi connectivity index (χ0v) is 35.7. The number of hydrogen-bond acceptors (Lipinski definition) is 15. The van der Waals surface area contributed by atoms with Gasteiger partial charge < -0.3 is 24.1 Å². The Morgan fingerprint density at radius 3 is 1.06 bits per heavy atom. The van der Waals surface area contributed by atoms with Crippen LogP contribution in [0.4, 0.5) is 0 Å². The summed E-state index contributed by atoms with van der Waals surface area (Å²) in [7, 11) is -3.67. The predicted octanol–water partition coefficient (Wildman–Crippen LogP) is 2.31. The Balaban J connectivity index is 0.00000524. The molecule has 1 saturated heterocycles. The Kier molecular flexibility index (Phi) is 20.8. The van der Waals surface area contributed by atoms with Gasteiger partial charge in [-0.2, -0.15) is 8.42 Å². The summed E-state index contributed by atoms with van der Waals surface area (Å²) in [5, 5.41) is 9.52. The molecular weight excluding hydrogens is 728 g/mol. The molecule has 1 aliphatic rings. The van der Waals surface area contributed by atoms with E-state index in [1.807, 2.05) is 19.6 Å². The van der Waals surface area contributed by atoms with Gasteiger partial charge in [0, 0.05) is 58.8 Å². The van der Waals surface area contributed by atoms with Gasteiger partial charge in [0.15, 0.2) is 0 Å². The van der Waals surface area contributed by atoms with E-state index in [0.29, 0.717) is 58.6 Å². The molecule has 1 heterocycles. The maximum atomic E-state index is 13.5. The average molecular weight is 797 g/mol. The van der Waals surface area contributed by atoms with Crippen molar-refractivity contribution in [3.05, 3.63) is 0 Å². The number of rotatable bonds is 11. The molecule has 0 amide bonds. The molecule has 0 aromatic rings. The molecule has 0 radical (unpaired) electrons. The van der Waals surface area contributed by atoms with Crippen molar-refractivity contribution in [1.82, 2.24) is 19.6 Å². The molecule has 54 heavy (non-hydrogen) atoms. The summed E-state index contributed by atoms with van der Waals surface area (Å²) in [6.07, 6.45) is 0.488. The zero-order chi connectivity index (χ0) is 42.3. The summed E-state index contributed by atoms with van der Waals surface area (Å²) in [5.74, 6) is -2.79. The van der Waals surface area contributed by atoms with Crippen LogP contribution in [0.3, 0.4) is 0 Å². The molecule has 0 bridgehead atoms. The summed E-state index contributed by atoms with van der Waals surface area (Å²) in [6.45, 7) is 24.2. The number of carbonyl (C=O) groups is 5. The van der Waals surface area contributed by atoms with E-state index in [1.165, 1.54) is 0 Å². The van der Waals surface area contributed by atoms with Crippen molar-refractivity contribution in [1.29, 1.82) is 0 Å². The molecule has 0 aromatic heterocycles. The highest BCUT2D eigenvalue weighted by atomic mass is 32.2. The predicted molar refractivity (Wildman–Crippen MR) is 202 cm³/mol. The first-order chi connectivity index (χ1) is 24.2. The van der Waals surface area contributed by atoms with Gasteiger partial charge in [-0.25, -0.2) is 0 Å². The quantitative estimate of drug-likeness (QED) is 0.175. The number of carboxylic acids is 1. The van der Waals surface area contributed by atoms with Gasteiger partial charge in [-0.3, -0.25) is 48.1 Å². The Morgan fingerprint density at radius 2 is 0.815 bits per heavy atom. The fraction of sp³-hybridized carbons (Fsp3) is 0.861. The molecule has 0 unspecified atom stereocenters. The van der Waals surface area contributed by atoms with E-state index >= 15 is 0 Å². The highest BCUT2D eigenvalue weighted by molar-refractivity contribution is 7.85. The van der Waals surface area contributed by atoms with Crippen molar-refractivity contribution in [2.45, 2.75) is 124 Å². The molecule has 1 rings (SSSR count). The van der Waals surface area contributed by atoms with Crippen molar-refractivity contribution in [3.63, 3.8) is 0 Å². The van der Waals surface area contributed by atoms with Crippen molar-refractivity contribution in [2.24, 2.45) is 0 Å². The lowest BCUT2D eigenvalue weighted by Gasteiger charge is -2.37. The lowest BCUT2D eigenvalue weighted by atomic mass is 10.1. The fourth-order valence-corrected chi connectivity index (χ4v) is 5.09. The second-order valence-electron chi connectivity index (χ2n) is 17.3. The lowest BCUT2D eigenvalue weighted by Crippen LogP contribution is -2.53. The number of carboxylic acid groups (broad SMARTS) is 1. The van der Waals surface area contributed by atoms with Crippen molar-refractivity contribution >= 4 is 40.0 Å². The van der Waals surface area contributed by atoms with E-state index in [9.17, 15) is 37.5 Å². The molecule has 0 aliphatic carbocycles. The third-order valence-electron chi connectivity index (χ3n) is 6.94. The molecule has 0 aromatic carbocycles. The van der Waals surface area contributed by atoms with Gasteiger partial charge in [-0.15, -0.1) is 0 Å². The number of hydrogen-bond donors (Lipinski definition) is 2. The van der Waals surface area contributed by atoms with E-state index in [-0.39, 0.29) is 38.4 Å². The topological polar surface area (TPSA) is 210 Å². The van der Waals surface area contributed by atoms with Crippen LogP contribution in [-0.2, 0) is 53.0 Å². The number of ether oxygens (including phenoxy) is 4. The monoisotopic (exact) mass is 796 g/mol. The van der Waals surface area contributed by atoms with Crippen LogP contribution in [0.1, 0.15) is 95.9 Å². The number of aliphatic carboxylic acids is 1. The number of esters is 4. The van der Waals surface area contributed by atoms with Crippen LogP contribution in [0.15, 0.2) is 0 Å². The molecular formula is C36H68N4O13S. The Labute approximate surface area is 322 Å². The van der Waals surface area contributed by atoms with E-state index in [1.54, 1.807) is 83.1 Å². The standard InChI is InChI=1S/C35H64N4O10.CH4O3S/c1-32(2,3)46-28(42)23-36-15-17-37(24-29(43)47-33(4,5)6)19-21-39(26(13-14-27(40)41)31(45)49-35(10,11)12)22-20-38(18-16-36)25-30(44)48-34(7,8)9;1-5(2,3)4/h26H,13-25H2,1-12H3,(H,40,41);1H3,(H,2,3,4)/t26-;/m1./s1. The molecule has 17 nitrogen and oxygen atoms in total. The highest BCUT2D eigenvalue weighted by Crippen LogP contribution is 2.17. The first kappa shape index (κ1) is 51.1. The largest absolute Gasteiger partial charge is 0.481 e. The summed E-state index contributed by atoms with van der Waals surface area (Å²) >= 11 is 0. The van der Waals surface area contributed by atoms with Crippen LogP contribution >= 0.6 is 0 Å². The van der Waals surface area contributed by atoms with E-state index in [0.717, 1.165) is 0 Å². The first-order valence-corrected chi connectivity index (χ1v) is 20.0. The Hall–Kier alpha value is -2.90. The van der Waals surface area contributed by atoms with Gasteiger partial charge >= 0.3 is 29.8 Å². The van der Waals surface area contributed by atoms with Gasteiger partial charge in [0.1, 0.15) is 28.4 Å². The highest BCUT2D eigenvalue weighted by Gasteiger charge is 2.33. The zero-order valence-electron chi connectivity index (χ0n) is 34.9. The SMILES string of the molecule is CC(C)(C)OC(=O)CN1CCN(CC(=O)OC(C)(C)C)CCN([C@H](CCC(=O)O)C(=O)OC(C)(C)C)CCN(CC(=O)OC(C)(C)C)CC1.CS(=O)(=O)O. The maximum Gasteiger partial charge on any atom is 0.323 e. The van der Waals surface area contributed by atoms with Crippen LogP contribution in [0, 0.1) is 0 Å². The normalized spacial score (nSPS) is 17.4. The second-order valence-corrected chi connectivity index (χ2v) is 18.8. The minimum Gasteiger partial charge on any atom is -0.481 e. The molecule has 18 heteroatoms. The summed E-state index contributed by atoms with van der Waals surface area (Å²) in [4.78, 5) is 71.6. The van der Waals surface area contributed by atoms with Crippen LogP contribution in [0.2, 0.25) is 0 Å². The van der Waals surface area contributed by atoms with Crippen LogP contribution in [0.5, 0.6) is 0 Å². The number of carbonyl (C=O) groups excluding carboxylic acids is 4.